The Morgan fingerprint density at radius 2 is 0.469 bits per heavy atom. The van der Waals surface area contributed by atoms with E-state index in [0.29, 0.717) is 25.7 Å². The zero-order valence-electron chi connectivity index (χ0n) is 64.3. The Morgan fingerprint density at radius 1 is 0.276 bits per heavy atom. The fraction of sp³-hybridized carbons (Fsp3) is 0.949. The van der Waals surface area contributed by atoms with Crippen molar-refractivity contribution in [2.45, 2.75) is 426 Å². The minimum absolute atomic E-state index is 0.107. The number of carbonyl (C=O) groups is 4. The fourth-order valence-corrected chi connectivity index (χ4v) is 13.7. The Morgan fingerprint density at radius 3 is 0.694 bits per heavy atom. The van der Waals surface area contributed by atoms with Crippen LogP contribution in [0.3, 0.4) is 0 Å². The Balaban J connectivity index is 5.25. The number of carbonyl (C=O) groups excluding carboxylic acids is 4. The molecule has 0 spiro atoms. The van der Waals surface area contributed by atoms with Crippen molar-refractivity contribution in [3.05, 3.63) is 0 Å². The normalized spacial score (nSPS) is 14.0. The van der Waals surface area contributed by atoms with Gasteiger partial charge in [0.2, 0.25) is 0 Å². The molecule has 98 heavy (non-hydrogen) atoms. The molecule has 582 valence electrons. The third-order valence-corrected chi connectivity index (χ3v) is 20.3. The number of aliphatic hydroxyl groups excluding tert-OH is 1. The van der Waals surface area contributed by atoms with Gasteiger partial charge in [-0.2, -0.15) is 0 Å². The summed E-state index contributed by atoms with van der Waals surface area (Å²) in [5.74, 6) is 0.216. The van der Waals surface area contributed by atoms with E-state index in [-0.39, 0.29) is 25.7 Å². The van der Waals surface area contributed by atoms with Gasteiger partial charge in [-0.1, -0.05) is 357 Å². The van der Waals surface area contributed by atoms with Crippen LogP contribution in [0.5, 0.6) is 0 Å². The van der Waals surface area contributed by atoms with E-state index in [1.807, 2.05) is 0 Å². The van der Waals surface area contributed by atoms with Crippen molar-refractivity contribution in [3.8, 4) is 0 Å². The third kappa shape index (κ3) is 72.4. The van der Waals surface area contributed by atoms with Crippen molar-refractivity contribution in [1.82, 2.24) is 0 Å². The molecule has 0 saturated heterocycles. The van der Waals surface area contributed by atoms with Crippen molar-refractivity contribution in [3.63, 3.8) is 0 Å². The van der Waals surface area contributed by atoms with Gasteiger partial charge in [0.25, 0.3) is 0 Å². The highest BCUT2D eigenvalue weighted by Gasteiger charge is 2.30. The Hall–Kier alpha value is -1.94. The number of hydrogen-bond acceptors (Lipinski definition) is 15. The van der Waals surface area contributed by atoms with Gasteiger partial charge in [-0.15, -0.1) is 0 Å². The van der Waals surface area contributed by atoms with Gasteiger partial charge in [0.15, 0.2) is 12.2 Å². The first-order chi connectivity index (χ1) is 47.2. The average Bonchev–Trinajstić information content (AvgIpc) is 0.972. The number of aliphatic hydroxyl groups is 1. The molecule has 19 heteroatoms. The van der Waals surface area contributed by atoms with Gasteiger partial charge in [0, 0.05) is 25.7 Å². The first kappa shape index (κ1) is 96.1. The van der Waals surface area contributed by atoms with Crippen LogP contribution in [-0.4, -0.2) is 96.7 Å². The highest BCUT2D eigenvalue weighted by molar-refractivity contribution is 7.47. The van der Waals surface area contributed by atoms with Crippen LogP contribution in [0.25, 0.3) is 0 Å². The van der Waals surface area contributed by atoms with Crippen molar-refractivity contribution < 1.29 is 80.2 Å². The maximum atomic E-state index is 13.1. The van der Waals surface area contributed by atoms with E-state index in [0.717, 1.165) is 108 Å². The number of unbranched alkanes of at least 4 members (excludes halogenated alkanes) is 45. The predicted octanol–water partition coefficient (Wildman–Crippen LogP) is 23.4. The van der Waals surface area contributed by atoms with Crippen LogP contribution in [0.1, 0.15) is 408 Å². The van der Waals surface area contributed by atoms with Gasteiger partial charge >= 0.3 is 39.5 Å². The summed E-state index contributed by atoms with van der Waals surface area (Å²) in [4.78, 5) is 72.9. The summed E-state index contributed by atoms with van der Waals surface area (Å²) in [5, 5.41) is 10.6. The van der Waals surface area contributed by atoms with Gasteiger partial charge in [0.05, 0.1) is 26.4 Å². The van der Waals surface area contributed by atoms with Crippen LogP contribution in [0, 0.1) is 17.8 Å². The molecule has 0 bridgehead atoms. The smallest absolute Gasteiger partial charge is 0.462 e. The third-order valence-electron chi connectivity index (χ3n) is 18.4. The summed E-state index contributed by atoms with van der Waals surface area (Å²) >= 11 is 0. The lowest BCUT2D eigenvalue weighted by Crippen LogP contribution is -2.30. The van der Waals surface area contributed by atoms with Crippen LogP contribution in [0.4, 0.5) is 0 Å². The summed E-state index contributed by atoms with van der Waals surface area (Å²) in [5.41, 5.74) is 0. The minimum Gasteiger partial charge on any atom is -0.462 e. The number of ether oxygens (including phenoxy) is 4. The molecular weight excluding hydrogens is 1280 g/mol. The molecule has 0 aromatic carbocycles. The summed E-state index contributed by atoms with van der Waals surface area (Å²) in [6.07, 6.45) is 56.8. The molecule has 0 aromatic rings. The van der Waals surface area contributed by atoms with E-state index in [1.165, 1.54) is 218 Å². The standard InChI is InChI=1S/C79H154O17P2/c1-8-9-10-11-12-13-14-26-32-41-48-55-62-78(83)96-75(67-90-77(82)61-54-47-40-35-34-38-45-52-59-72(6)7)69-94-98(87,88)92-65-73(80)64-91-97(85,86)93-68-74(66-89-76(81)60-53-46-39-31-27-22-19-18-21-25-30-37-44-51-58-71(4)5)95-79(84)63-56-49-42-33-28-23-17-15-16-20-24-29-36-43-50-57-70(2)3/h70-75,80H,8-69H2,1-7H3,(H,85,86)(H,87,88)/t73-,74-,75-/m1/s1. The molecule has 0 aliphatic carbocycles. The van der Waals surface area contributed by atoms with Crippen LogP contribution >= 0.6 is 15.6 Å². The van der Waals surface area contributed by atoms with Crippen molar-refractivity contribution in [1.29, 1.82) is 0 Å². The molecule has 0 aromatic heterocycles. The van der Waals surface area contributed by atoms with E-state index >= 15 is 0 Å². The maximum absolute atomic E-state index is 13.1. The highest BCUT2D eigenvalue weighted by Crippen LogP contribution is 2.45. The lowest BCUT2D eigenvalue weighted by Gasteiger charge is -2.21. The molecule has 0 rings (SSSR count). The molecule has 17 nitrogen and oxygen atoms in total. The lowest BCUT2D eigenvalue weighted by atomic mass is 10.0. The molecule has 2 unspecified atom stereocenters. The second kappa shape index (κ2) is 69.4. The monoisotopic (exact) mass is 1440 g/mol. The predicted molar refractivity (Wildman–Crippen MR) is 400 cm³/mol. The minimum atomic E-state index is -4.96. The zero-order chi connectivity index (χ0) is 72.3. The van der Waals surface area contributed by atoms with Gasteiger partial charge in [0.1, 0.15) is 19.3 Å². The van der Waals surface area contributed by atoms with Crippen molar-refractivity contribution >= 4 is 39.5 Å². The second-order valence-electron chi connectivity index (χ2n) is 29.9. The quantitative estimate of drug-likeness (QED) is 0.0222. The number of phosphoric ester groups is 2. The van der Waals surface area contributed by atoms with Crippen LogP contribution in [0.2, 0.25) is 0 Å². The number of esters is 4. The number of hydrogen-bond donors (Lipinski definition) is 3. The van der Waals surface area contributed by atoms with Gasteiger partial charge in [-0.25, -0.2) is 9.13 Å². The fourth-order valence-electron chi connectivity index (χ4n) is 12.1. The Labute approximate surface area is 600 Å². The van der Waals surface area contributed by atoms with E-state index < -0.39 is 97.5 Å². The molecule has 0 aliphatic rings. The van der Waals surface area contributed by atoms with Crippen LogP contribution in [0.15, 0.2) is 0 Å². The zero-order valence-corrected chi connectivity index (χ0v) is 66.0. The lowest BCUT2D eigenvalue weighted by molar-refractivity contribution is -0.161. The Bertz CT molecular complexity index is 1900. The summed E-state index contributed by atoms with van der Waals surface area (Å²) in [7, 11) is -9.92. The van der Waals surface area contributed by atoms with E-state index in [9.17, 15) is 43.2 Å². The molecule has 3 N–H and O–H groups in total. The number of phosphoric acid groups is 2. The van der Waals surface area contributed by atoms with Crippen LogP contribution < -0.4 is 0 Å². The average molecular weight is 1440 g/mol. The van der Waals surface area contributed by atoms with E-state index in [1.54, 1.807) is 0 Å². The van der Waals surface area contributed by atoms with Crippen molar-refractivity contribution in [2.24, 2.45) is 17.8 Å². The summed E-state index contributed by atoms with van der Waals surface area (Å²) < 4.78 is 68.6. The molecule has 5 atom stereocenters. The summed E-state index contributed by atoms with van der Waals surface area (Å²) in [6, 6.07) is 0. The highest BCUT2D eigenvalue weighted by atomic mass is 31.2. The van der Waals surface area contributed by atoms with E-state index in [2.05, 4.69) is 48.5 Å². The molecular formula is C79H154O17P2. The first-order valence-corrected chi connectivity index (χ1v) is 43.8. The topological polar surface area (TPSA) is 237 Å². The molecule has 0 fully saturated rings. The van der Waals surface area contributed by atoms with Crippen LogP contribution in [-0.2, 0) is 65.4 Å². The first-order valence-electron chi connectivity index (χ1n) is 40.8. The second-order valence-corrected chi connectivity index (χ2v) is 32.8. The molecule has 0 radical (unpaired) electrons. The van der Waals surface area contributed by atoms with E-state index in [4.69, 9.17) is 37.0 Å². The number of rotatable bonds is 77. The van der Waals surface area contributed by atoms with Crippen molar-refractivity contribution in [2.75, 3.05) is 39.6 Å². The van der Waals surface area contributed by atoms with Gasteiger partial charge < -0.3 is 33.8 Å². The molecule has 0 heterocycles. The molecule has 0 saturated carbocycles. The maximum Gasteiger partial charge on any atom is 0.472 e. The Kier molecular flexibility index (Phi) is 68.1. The van der Waals surface area contributed by atoms with Gasteiger partial charge in [-0.3, -0.25) is 37.3 Å². The molecule has 0 aliphatic heterocycles. The largest absolute Gasteiger partial charge is 0.472 e. The SMILES string of the molecule is CCCCCCCCCCCCCCC(=O)O[C@H](COC(=O)CCCCCCCCCCC(C)C)COP(=O)(O)OC[C@H](O)COP(=O)(O)OC[C@@H](COC(=O)CCCCCCCCCCCCCCCCC(C)C)OC(=O)CCCCCCCCCCCCCCCCCC(C)C. The van der Waals surface area contributed by atoms with Gasteiger partial charge in [-0.05, 0) is 43.4 Å². The molecule has 0 amide bonds. The summed E-state index contributed by atoms with van der Waals surface area (Å²) in [6.45, 7) is 11.9.